The van der Waals surface area contributed by atoms with Crippen LogP contribution in [-0.2, 0) is 9.59 Å². The molecule has 0 saturated carbocycles. The molecule has 1 unspecified atom stereocenters. The van der Waals surface area contributed by atoms with Crippen molar-refractivity contribution < 1.29 is 14.4 Å². The summed E-state index contributed by atoms with van der Waals surface area (Å²) in [6, 6.07) is -0.765. The quantitative estimate of drug-likeness (QED) is 0.604. The van der Waals surface area contributed by atoms with Crippen LogP contribution in [0.4, 0.5) is 4.79 Å². The molecule has 0 aromatic carbocycles. The second kappa shape index (κ2) is 6.84. The van der Waals surface area contributed by atoms with E-state index in [0.717, 1.165) is 0 Å². The van der Waals surface area contributed by atoms with Gasteiger partial charge in [-0.05, 0) is 10.4 Å². The van der Waals surface area contributed by atoms with E-state index >= 15 is 0 Å². The van der Waals surface area contributed by atoms with E-state index in [-0.39, 0.29) is 41.9 Å². The molecular formula is C11H15BrN2NaO3. The van der Waals surface area contributed by atoms with E-state index in [0.29, 0.717) is 10.9 Å². The van der Waals surface area contributed by atoms with Gasteiger partial charge in [-0.15, -0.1) is 0 Å². The molecule has 7 heteroatoms. The molecule has 0 bridgehead atoms. The minimum Gasteiger partial charge on any atom is -0.277 e. The molecule has 1 saturated heterocycles. The van der Waals surface area contributed by atoms with Gasteiger partial charge in [0.15, 0.2) is 0 Å². The molecule has 0 aromatic heterocycles. The Bertz CT molecular complexity index is 378. The number of barbiturate groups is 1. The van der Waals surface area contributed by atoms with Crippen LogP contribution in [0.5, 0.6) is 0 Å². The van der Waals surface area contributed by atoms with Crippen molar-refractivity contribution in [2.45, 2.75) is 26.7 Å². The van der Waals surface area contributed by atoms with Crippen molar-refractivity contribution in [3.63, 3.8) is 0 Å². The molecule has 18 heavy (non-hydrogen) atoms. The Morgan fingerprint density at radius 3 is 2.11 bits per heavy atom. The summed E-state index contributed by atoms with van der Waals surface area (Å²) in [5.74, 6) is -1.30. The predicted octanol–water partition coefficient (Wildman–Crippen LogP) is 1.30. The van der Waals surface area contributed by atoms with Crippen molar-refractivity contribution >= 4 is 63.3 Å². The molecule has 1 aliphatic rings. The molecule has 0 spiro atoms. The fourth-order valence-corrected chi connectivity index (χ4v) is 2.44. The van der Waals surface area contributed by atoms with Gasteiger partial charge in [-0.25, -0.2) is 4.79 Å². The van der Waals surface area contributed by atoms with Crippen LogP contribution in [0.25, 0.3) is 0 Å². The largest absolute Gasteiger partial charge is 0.328 e. The molecule has 1 fully saturated rings. The zero-order valence-corrected chi connectivity index (χ0v) is 14.4. The maximum Gasteiger partial charge on any atom is 0.328 e. The molecule has 5 nitrogen and oxygen atoms in total. The molecule has 1 atom stereocenters. The summed E-state index contributed by atoms with van der Waals surface area (Å²) in [5.41, 5.74) is -1.26. The standard InChI is InChI=1S/C11H15BrN2O3.Na/c1-4-6(2)11(5-7(3)12)8(15)13-10(17)14-9(11)16;/h6H,3-5H2,1-2H3,(H2,13,14,15,16,17);. The third-order valence-corrected chi connectivity index (χ3v) is 3.47. The molecule has 1 rings (SSSR count). The van der Waals surface area contributed by atoms with E-state index in [1.165, 1.54) is 0 Å². The van der Waals surface area contributed by atoms with E-state index in [9.17, 15) is 14.4 Å². The molecule has 95 valence electrons. The van der Waals surface area contributed by atoms with Gasteiger partial charge in [0.2, 0.25) is 11.8 Å². The van der Waals surface area contributed by atoms with Crippen LogP contribution < -0.4 is 10.6 Å². The average molecular weight is 326 g/mol. The van der Waals surface area contributed by atoms with Gasteiger partial charge >= 0.3 is 6.03 Å². The van der Waals surface area contributed by atoms with Gasteiger partial charge < -0.3 is 0 Å². The number of amides is 4. The van der Waals surface area contributed by atoms with Crippen LogP contribution in [0.2, 0.25) is 0 Å². The second-order valence-electron chi connectivity index (χ2n) is 4.21. The SMILES string of the molecule is C=C(Br)CC1(C(C)CC)C(=O)NC(=O)NC1=O.[Na]. The number of nitrogens with one attached hydrogen (secondary N) is 2. The van der Waals surface area contributed by atoms with Crippen LogP contribution in [0.3, 0.4) is 0 Å². The first kappa shape index (κ1) is 17.8. The number of urea groups is 1. The minimum atomic E-state index is -1.26. The first-order chi connectivity index (χ1) is 7.84. The number of halogens is 1. The van der Waals surface area contributed by atoms with Crippen molar-refractivity contribution in [2.75, 3.05) is 0 Å². The number of carbonyl (C=O) groups is 3. The van der Waals surface area contributed by atoms with Crippen molar-refractivity contribution in [2.24, 2.45) is 11.3 Å². The van der Waals surface area contributed by atoms with E-state index in [1.54, 1.807) is 0 Å². The maximum absolute atomic E-state index is 12.0. The molecule has 2 N–H and O–H groups in total. The van der Waals surface area contributed by atoms with E-state index in [2.05, 4.69) is 33.1 Å². The summed E-state index contributed by atoms with van der Waals surface area (Å²) >= 11 is 3.17. The molecule has 0 aromatic rings. The summed E-state index contributed by atoms with van der Waals surface area (Å²) in [6.45, 7) is 7.37. The van der Waals surface area contributed by atoms with Crippen LogP contribution in [0, 0.1) is 11.3 Å². The fourth-order valence-electron chi connectivity index (χ4n) is 2.00. The molecular weight excluding hydrogens is 311 g/mol. The molecule has 1 aliphatic heterocycles. The minimum absolute atomic E-state index is 0. The smallest absolute Gasteiger partial charge is 0.277 e. The Balaban J connectivity index is 0.00000289. The Morgan fingerprint density at radius 2 is 1.78 bits per heavy atom. The number of imide groups is 2. The zero-order valence-electron chi connectivity index (χ0n) is 10.8. The van der Waals surface area contributed by atoms with Crippen molar-refractivity contribution in [3.8, 4) is 0 Å². The molecule has 4 amide bonds. The Labute approximate surface area is 137 Å². The van der Waals surface area contributed by atoms with Gasteiger partial charge in [0.25, 0.3) is 0 Å². The van der Waals surface area contributed by atoms with E-state index in [4.69, 9.17) is 0 Å². The zero-order chi connectivity index (χ0) is 13.2. The summed E-state index contributed by atoms with van der Waals surface area (Å²) in [5, 5.41) is 4.30. The monoisotopic (exact) mass is 325 g/mol. The van der Waals surface area contributed by atoms with Gasteiger partial charge in [-0.2, -0.15) is 0 Å². The Hall–Kier alpha value is -0.170. The number of hydrogen-bond acceptors (Lipinski definition) is 3. The summed E-state index contributed by atoms with van der Waals surface area (Å²) in [4.78, 5) is 35.1. The molecule has 0 aliphatic carbocycles. The van der Waals surface area contributed by atoms with Gasteiger partial charge in [-0.3, -0.25) is 20.2 Å². The Morgan fingerprint density at radius 1 is 1.33 bits per heavy atom. The Kier molecular flexibility index (Phi) is 6.78. The van der Waals surface area contributed by atoms with Gasteiger partial charge in [0.1, 0.15) is 5.41 Å². The molecule has 1 radical (unpaired) electrons. The van der Waals surface area contributed by atoms with E-state index in [1.807, 2.05) is 13.8 Å². The summed E-state index contributed by atoms with van der Waals surface area (Å²) in [7, 11) is 0. The van der Waals surface area contributed by atoms with Crippen molar-refractivity contribution in [3.05, 3.63) is 11.1 Å². The van der Waals surface area contributed by atoms with Crippen LogP contribution in [-0.4, -0.2) is 47.4 Å². The second-order valence-corrected chi connectivity index (χ2v) is 5.33. The predicted molar refractivity (Wildman–Crippen MR) is 72.0 cm³/mol. The van der Waals surface area contributed by atoms with Crippen LogP contribution in [0.15, 0.2) is 11.1 Å². The fraction of sp³-hybridized carbons (Fsp3) is 0.545. The van der Waals surface area contributed by atoms with Gasteiger partial charge in [-0.1, -0.05) is 42.8 Å². The first-order valence-electron chi connectivity index (χ1n) is 5.34. The van der Waals surface area contributed by atoms with Crippen LogP contribution in [0.1, 0.15) is 26.7 Å². The summed E-state index contributed by atoms with van der Waals surface area (Å²) < 4.78 is 0.553. The number of carbonyl (C=O) groups excluding carboxylic acids is 3. The topological polar surface area (TPSA) is 75.3 Å². The third kappa shape index (κ3) is 3.23. The van der Waals surface area contributed by atoms with Gasteiger partial charge in [0, 0.05) is 36.0 Å². The summed E-state index contributed by atoms with van der Waals surface area (Å²) in [6.07, 6.45) is 0.822. The number of rotatable bonds is 4. The molecule has 1 heterocycles. The van der Waals surface area contributed by atoms with E-state index < -0.39 is 23.3 Å². The third-order valence-electron chi connectivity index (χ3n) is 3.19. The van der Waals surface area contributed by atoms with Crippen molar-refractivity contribution in [1.29, 1.82) is 0 Å². The average Bonchev–Trinajstić information content (AvgIpc) is 2.22. The van der Waals surface area contributed by atoms with Crippen molar-refractivity contribution in [1.82, 2.24) is 10.6 Å². The van der Waals surface area contributed by atoms with Gasteiger partial charge in [0.05, 0.1) is 0 Å². The normalized spacial score (nSPS) is 19.4. The first-order valence-corrected chi connectivity index (χ1v) is 6.14. The number of allylic oxidation sites excluding steroid dienone is 1. The van der Waals surface area contributed by atoms with Crippen LogP contribution >= 0.6 is 15.9 Å². The maximum atomic E-state index is 12.0. The number of hydrogen-bond donors (Lipinski definition) is 2.